The van der Waals surface area contributed by atoms with Crippen LogP contribution in [0.15, 0.2) is 109 Å². The van der Waals surface area contributed by atoms with Crippen LogP contribution < -0.4 is 25.5 Å². The van der Waals surface area contributed by atoms with Crippen molar-refractivity contribution in [2.24, 2.45) is 0 Å². The van der Waals surface area contributed by atoms with E-state index < -0.39 is 0 Å². The maximum absolute atomic E-state index is 2.60. The summed E-state index contributed by atoms with van der Waals surface area (Å²) in [7, 11) is 0. The lowest BCUT2D eigenvalue weighted by Crippen LogP contribution is -2.60. The van der Waals surface area contributed by atoms with Crippen LogP contribution in [0.2, 0.25) is 0 Å². The normalized spacial score (nSPS) is 17.1. The largest absolute Gasteiger partial charge is 0.311 e. The van der Waals surface area contributed by atoms with Gasteiger partial charge in [0.2, 0.25) is 0 Å². The lowest BCUT2D eigenvalue weighted by molar-refractivity contribution is 0.332. The molecule has 0 fully saturated rings. The Balaban J connectivity index is 1.38. The van der Waals surface area contributed by atoms with Gasteiger partial charge < -0.3 is 9.80 Å². The van der Waals surface area contributed by atoms with Crippen molar-refractivity contribution >= 4 is 78.0 Å². The Labute approximate surface area is 290 Å². The van der Waals surface area contributed by atoms with Crippen molar-refractivity contribution in [1.82, 2.24) is 0 Å². The highest BCUT2D eigenvalue weighted by molar-refractivity contribution is 7.33. The standard InChI is InChI=1S/C44H43BN2S/c1-42(2,3)28-20-22-30(23-21-28)47-37-19-13-18-36-39(37)45(34-16-11-12-17-35(34)46(36)29-14-9-8-10-15-29)41-40(47)31-26-32-33(27-38(31)48-41)44(6,7)25-24-43(32,4)5/h8-23,26-27H,24-25H2,1-7H3. The highest BCUT2D eigenvalue weighted by Crippen LogP contribution is 2.52. The molecule has 48 heavy (non-hydrogen) atoms. The summed E-state index contributed by atoms with van der Waals surface area (Å²) in [5.41, 5.74) is 15.2. The molecule has 2 aliphatic heterocycles. The van der Waals surface area contributed by atoms with Crippen LogP contribution in [0.5, 0.6) is 0 Å². The minimum absolute atomic E-state index is 0.0923. The topological polar surface area (TPSA) is 6.48 Å². The Hall–Kier alpha value is -4.28. The number of hydrogen-bond acceptors (Lipinski definition) is 3. The molecule has 0 N–H and O–H groups in total. The summed E-state index contributed by atoms with van der Waals surface area (Å²) in [5, 5.41) is 1.39. The van der Waals surface area contributed by atoms with Gasteiger partial charge in [-0.3, -0.25) is 0 Å². The van der Waals surface area contributed by atoms with Gasteiger partial charge in [0.25, 0.3) is 6.71 Å². The molecular formula is C44H43BN2S. The second kappa shape index (κ2) is 10.1. The molecular weight excluding hydrogens is 599 g/mol. The van der Waals surface area contributed by atoms with Crippen LogP contribution in [-0.2, 0) is 16.2 Å². The van der Waals surface area contributed by atoms with E-state index in [0.717, 1.165) is 0 Å². The first-order valence-electron chi connectivity index (χ1n) is 17.5. The first-order chi connectivity index (χ1) is 22.9. The summed E-state index contributed by atoms with van der Waals surface area (Å²) in [6.45, 7) is 16.8. The van der Waals surface area contributed by atoms with E-state index >= 15 is 0 Å². The maximum atomic E-state index is 2.60. The zero-order valence-corrected chi connectivity index (χ0v) is 30.0. The third-order valence-electron chi connectivity index (χ3n) is 11.5. The van der Waals surface area contributed by atoms with Crippen molar-refractivity contribution in [3.63, 3.8) is 0 Å². The number of para-hydroxylation sites is 2. The van der Waals surface area contributed by atoms with Crippen LogP contribution in [0.4, 0.5) is 34.1 Å². The first-order valence-corrected chi connectivity index (χ1v) is 18.3. The smallest absolute Gasteiger partial charge is 0.264 e. The highest BCUT2D eigenvalue weighted by atomic mass is 32.1. The molecule has 0 unspecified atom stereocenters. The lowest BCUT2D eigenvalue weighted by Gasteiger charge is -2.43. The van der Waals surface area contributed by atoms with Gasteiger partial charge in [-0.1, -0.05) is 103 Å². The molecule has 0 saturated carbocycles. The summed E-state index contributed by atoms with van der Waals surface area (Å²) < 4.78 is 2.85. The Morgan fingerprint density at radius 3 is 1.90 bits per heavy atom. The minimum Gasteiger partial charge on any atom is -0.311 e. The average Bonchev–Trinajstić information content (AvgIpc) is 3.45. The molecule has 1 aliphatic carbocycles. The van der Waals surface area contributed by atoms with Gasteiger partial charge in [0.05, 0.1) is 5.69 Å². The molecule has 0 radical (unpaired) electrons. The predicted molar refractivity (Wildman–Crippen MR) is 210 cm³/mol. The monoisotopic (exact) mass is 642 g/mol. The molecule has 2 nitrogen and oxygen atoms in total. The van der Waals surface area contributed by atoms with Crippen LogP contribution in [-0.4, -0.2) is 6.71 Å². The maximum Gasteiger partial charge on any atom is 0.264 e. The third kappa shape index (κ3) is 4.24. The Kier molecular flexibility index (Phi) is 6.29. The molecule has 3 aliphatic rings. The molecule has 0 saturated heterocycles. The second-order valence-electron chi connectivity index (χ2n) is 16.5. The molecule has 238 valence electrons. The van der Waals surface area contributed by atoms with Crippen LogP contribution in [0.1, 0.15) is 78.0 Å². The van der Waals surface area contributed by atoms with Crippen molar-refractivity contribution in [2.75, 3.05) is 9.80 Å². The first kappa shape index (κ1) is 29.8. The number of nitrogens with zero attached hydrogens (tertiary/aromatic N) is 2. The quantitative estimate of drug-likeness (QED) is 0.173. The highest BCUT2D eigenvalue weighted by Gasteiger charge is 2.46. The number of hydrogen-bond donors (Lipinski definition) is 0. The fraction of sp³-hybridized carbons (Fsp3) is 0.273. The zero-order chi connectivity index (χ0) is 33.2. The molecule has 0 atom stereocenters. The number of thiophene rings is 1. The van der Waals surface area contributed by atoms with Gasteiger partial charge in [-0.25, -0.2) is 0 Å². The predicted octanol–water partition coefficient (Wildman–Crippen LogP) is 10.6. The Bertz CT molecular complexity index is 2240. The van der Waals surface area contributed by atoms with E-state index in [9.17, 15) is 0 Å². The molecule has 0 bridgehead atoms. The lowest BCUT2D eigenvalue weighted by atomic mass is 9.36. The van der Waals surface area contributed by atoms with Gasteiger partial charge in [-0.2, -0.15) is 0 Å². The summed E-state index contributed by atoms with van der Waals surface area (Å²) >= 11 is 2.02. The van der Waals surface area contributed by atoms with E-state index in [1.54, 1.807) is 0 Å². The van der Waals surface area contributed by atoms with Crippen molar-refractivity contribution in [1.29, 1.82) is 0 Å². The van der Waals surface area contributed by atoms with Gasteiger partial charge in [0.15, 0.2) is 0 Å². The molecule has 3 heterocycles. The third-order valence-corrected chi connectivity index (χ3v) is 12.7. The van der Waals surface area contributed by atoms with E-state index in [1.807, 2.05) is 11.3 Å². The molecule has 4 heteroatoms. The Morgan fingerprint density at radius 2 is 1.21 bits per heavy atom. The number of benzene rings is 5. The molecule has 9 rings (SSSR count). The van der Waals surface area contributed by atoms with Crippen molar-refractivity contribution < 1.29 is 0 Å². The van der Waals surface area contributed by atoms with Gasteiger partial charge in [0.1, 0.15) is 0 Å². The summed E-state index contributed by atoms with van der Waals surface area (Å²) in [4.78, 5) is 5.08. The molecule has 1 aromatic heterocycles. The number of anilines is 6. The van der Waals surface area contributed by atoms with E-state index in [4.69, 9.17) is 0 Å². The van der Waals surface area contributed by atoms with Crippen molar-refractivity contribution in [2.45, 2.75) is 77.6 Å². The van der Waals surface area contributed by atoms with Crippen molar-refractivity contribution in [3.8, 4) is 0 Å². The van der Waals surface area contributed by atoms with Crippen molar-refractivity contribution in [3.05, 3.63) is 126 Å². The van der Waals surface area contributed by atoms with Crippen LogP contribution in [0, 0.1) is 0 Å². The molecule has 0 spiro atoms. The summed E-state index contributed by atoms with van der Waals surface area (Å²) in [5.74, 6) is 0. The van der Waals surface area contributed by atoms with Gasteiger partial charge >= 0.3 is 0 Å². The summed E-state index contributed by atoms with van der Waals surface area (Å²) in [6.07, 6.45) is 2.43. The van der Waals surface area contributed by atoms with Crippen LogP contribution in [0.3, 0.4) is 0 Å². The minimum atomic E-state index is 0.0923. The number of fused-ring (bicyclic) bond motifs is 7. The van der Waals surface area contributed by atoms with E-state index in [1.165, 1.54) is 89.4 Å². The molecule has 6 aromatic rings. The van der Waals surface area contributed by atoms with E-state index in [0.29, 0.717) is 0 Å². The fourth-order valence-corrected chi connectivity index (χ4v) is 10.0. The summed E-state index contributed by atoms with van der Waals surface area (Å²) in [6, 6.07) is 41.5. The number of rotatable bonds is 2. The zero-order valence-electron chi connectivity index (χ0n) is 29.2. The van der Waals surface area contributed by atoms with Crippen LogP contribution >= 0.6 is 11.3 Å². The van der Waals surface area contributed by atoms with Gasteiger partial charge in [-0.05, 0) is 111 Å². The second-order valence-corrected chi connectivity index (χ2v) is 17.6. The molecule has 5 aromatic carbocycles. The van der Waals surface area contributed by atoms with Crippen LogP contribution in [0.25, 0.3) is 10.1 Å². The van der Waals surface area contributed by atoms with Gasteiger partial charge in [-0.15, -0.1) is 11.3 Å². The van der Waals surface area contributed by atoms with E-state index in [-0.39, 0.29) is 23.0 Å². The van der Waals surface area contributed by atoms with Gasteiger partial charge in [0, 0.05) is 43.3 Å². The Morgan fingerprint density at radius 1 is 0.625 bits per heavy atom. The SMILES string of the molecule is CC(C)(C)c1ccc(N2c3cccc4c3B(c3ccccc3N4c3ccccc3)c3sc4cc5c(cc4c32)C(C)(C)CCC5(C)C)cc1. The fourth-order valence-electron chi connectivity index (χ4n) is 8.66. The van der Waals surface area contributed by atoms with E-state index in [2.05, 4.69) is 167 Å². The average molecular weight is 643 g/mol. The molecule has 0 amide bonds.